The zero-order valence-corrected chi connectivity index (χ0v) is 9.91. The molecular formula is C11H14N4OS. The molecule has 1 heterocycles. The molecule has 0 saturated heterocycles. The summed E-state index contributed by atoms with van der Waals surface area (Å²) in [5.41, 5.74) is 6.09. The Kier molecular flexibility index (Phi) is 5.73. The maximum atomic E-state index is 9.71. The molecule has 0 saturated carbocycles. The van der Waals surface area contributed by atoms with E-state index in [0.29, 0.717) is 0 Å². The molecule has 2 rings (SSSR count). The molecule has 0 aliphatic heterocycles. The molecule has 0 unspecified atom stereocenters. The molecule has 0 atom stereocenters. The van der Waals surface area contributed by atoms with Crippen molar-refractivity contribution in [1.29, 1.82) is 0 Å². The summed E-state index contributed by atoms with van der Waals surface area (Å²) in [5.74, 6) is 9.08. The van der Waals surface area contributed by atoms with Gasteiger partial charge in [-0.3, -0.25) is 10.9 Å². The summed E-state index contributed by atoms with van der Waals surface area (Å²) in [7, 11) is 0. The summed E-state index contributed by atoms with van der Waals surface area (Å²) in [6.07, 6.45) is 0. The maximum Gasteiger partial charge on any atom is 0.343 e. The van der Waals surface area contributed by atoms with E-state index in [0.717, 1.165) is 0 Å². The van der Waals surface area contributed by atoms with E-state index >= 15 is 0 Å². The van der Waals surface area contributed by atoms with Crippen molar-refractivity contribution in [1.82, 2.24) is 10.9 Å². The number of hydrazine groups is 2. The van der Waals surface area contributed by atoms with Crippen LogP contribution < -0.4 is 22.5 Å². The Morgan fingerprint density at radius 2 is 1.65 bits per heavy atom. The van der Waals surface area contributed by atoms with E-state index in [1.807, 2.05) is 6.07 Å². The second-order valence-electron chi connectivity index (χ2n) is 3.00. The summed E-state index contributed by atoms with van der Waals surface area (Å²) in [6.45, 7) is 0. The zero-order chi connectivity index (χ0) is 12.5. The highest BCUT2D eigenvalue weighted by atomic mass is 32.1. The van der Waals surface area contributed by atoms with Gasteiger partial charge in [0.15, 0.2) is 0 Å². The van der Waals surface area contributed by atoms with Gasteiger partial charge in [0.25, 0.3) is 0 Å². The number of benzene rings is 1. The number of nitrogens with one attached hydrogen (secondary N) is 2. The highest BCUT2D eigenvalue weighted by molar-refractivity contribution is 7.08. The molecule has 5 nitrogen and oxygen atoms in total. The topological polar surface area (TPSA) is 93.2 Å². The van der Waals surface area contributed by atoms with Crippen molar-refractivity contribution in [3.05, 3.63) is 47.2 Å². The minimum atomic E-state index is -0.602. The second-order valence-corrected chi connectivity index (χ2v) is 3.78. The molecule has 0 spiro atoms. The van der Waals surface area contributed by atoms with Crippen LogP contribution in [0, 0.1) is 0 Å². The van der Waals surface area contributed by atoms with Gasteiger partial charge in [-0.15, -0.1) is 0 Å². The van der Waals surface area contributed by atoms with Gasteiger partial charge in [-0.25, -0.2) is 16.5 Å². The van der Waals surface area contributed by atoms with Gasteiger partial charge in [0, 0.05) is 0 Å². The van der Waals surface area contributed by atoms with Crippen LogP contribution in [0.2, 0.25) is 0 Å². The van der Waals surface area contributed by atoms with Crippen LogP contribution in [0.25, 0.3) is 11.1 Å². The molecule has 1 aromatic heterocycles. The first-order chi connectivity index (χ1) is 8.27. The van der Waals surface area contributed by atoms with Gasteiger partial charge in [-0.2, -0.15) is 11.3 Å². The minimum Gasteiger partial charge on any atom is -0.275 e. The molecular weight excluding hydrogens is 236 g/mol. The Morgan fingerprint density at radius 1 is 1.00 bits per heavy atom. The summed E-state index contributed by atoms with van der Waals surface area (Å²) in [6, 6.07) is 12.0. The fourth-order valence-corrected chi connectivity index (χ4v) is 1.77. The highest BCUT2D eigenvalue weighted by Gasteiger charge is 1.93. The molecule has 6 N–H and O–H groups in total. The minimum absolute atomic E-state index is 0.602. The number of hydrogen-bond donors (Lipinski definition) is 4. The van der Waals surface area contributed by atoms with Crippen molar-refractivity contribution >= 4 is 17.4 Å². The molecule has 2 aromatic rings. The van der Waals surface area contributed by atoms with Crippen LogP contribution in [0.5, 0.6) is 0 Å². The third kappa shape index (κ3) is 4.64. The molecule has 17 heavy (non-hydrogen) atoms. The van der Waals surface area contributed by atoms with E-state index in [9.17, 15) is 4.79 Å². The van der Waals surface area contributed by atoms with E-state index in [1.165, 1.54) is 11.1 Å². The number of carbonyl (C=O) groups excluding carboxylic acids is 1. The van der Waals surface area contributed by atoms with Crippen molar-refractivity contribution in [3.8, 4) is 11.1 Å². The first kappa shape index (κ1) is 13.2. The fourth-order valence-electron chi connectivity index (χ4n) is 1.10. The van der Waals surface area contributed by atoms with E-state index in [2.05, 4.69) is 52.8 Å². The van der Waals surface area contributed by atoms with Crippen LogP contribution in [-0.4, -0.2) is 6.03 Å². The summed E-state index contributed by atoms with van der Waals surface area (Å²) in [4.78, 5) is 9.71. The molecule has 1 aromatic carbocycles. The van der Waals surface area contributed by atoms with E-state index < -0.39 is 6.03 Å². The predicted molar refractivity (Wildman–Crippen MR) is 69.8 cm³/mol. The normalized spacial score (nSPS) is 8.82. The van der Waals surface area contributed by atoms with E-state index in [4.69, 9.17) is 0 Å². The standard InChI is InChI=1S/C10H8S.CH6N4O/c1-2-4-9(5-3-1)10-6-7-11-8-10;2-4-1(6)5-3/h1-8H;2-3H2,(H2,4,5,6). The lowest BCUT2D eigenvalue weighted by Gasteiger charge is -1.93. The summed E-state index contributed by atoms with van der Waals surface area (Å²) >= 11 is 1.73. The number of nitrogens with two attached hydrogens (primary N) is 2. The van der Waals surface area contributed by atoms with Crippen molar-refractivity contribution in [2.45, 2.75) is 0 Å². The molecule has 0 radical (unpaired) electrons. The van der Waals surface area contributed by atoms with Crippen LogP contribution in [0.3, 0.4) is 0 Å². The molecule has 90 valence electrons. The lowest BCUT2D eigenvalue weighted by atomic mass is 10.1. The first-order valence-electron chi connectivity index (χ1n) is 4.82. The van der Waals surface area contributed by atoms with Gasteiger partial charge in [0.05, 0.1) is 0 Å². The lowest BCUT2D eigenvalue weighted by Crippen LogP contribution is -2.43. The number of thiophene rings is 1. The molecule has 0 aliphatic rings. The Labute approximate surface area is 103 Å². The van der Waals surface area contributed by atoms with Gasteiger partial charge in [-0.05, 0) is 28.0 Å². The molecule has 6 heteroatoms. The Hall–Kier alpha value is -1.89. The number of carbonyl (C=O) groups is 1. The van der Waals surface area contributed by atoms with E-state index in [1.54, 1.807) is 22.2 Å². The van der Waals surface area contributed by atoms with Crippen LogP contribution in [0.15, 0.2) is 47.2 Å². The molecule has 0 aliphatic carbocycles. The van der Waals surface area contributed by atoms with Gasteiger partial charge < -0.3 is 0 Å². The average Bonchev–Trinajstić information content (AvgIpc) is 2.93. The van der Waals surface area contributed by atoms with E-state index in [-0.39, 0.29) is 0 Å². The van der Waals surface area contributed by atoms with Crippen molar-refractivity contribution in [2.75, 3.05) is 0 Å². The molecule has 2 amide bonds. The van der Waals surface area contributed by atoms with Gasteiger partial charge in [0.2, 0.25) is 0 Å². The SMILES string of the molecule is NNC(=O)NN.c1ccc(-c2ccsc2)cc1. The zero-order valence-electron chi connectivity index (χ0n) is 9.09. The number of hydrogen-bond acceptors (Lipinski definition) is 4. The lowest BCUT2D eigenvalue weighted by molar-refractivity contribution is 0.241. The van der Waals surface area contributed by atoms with Crippen molar-refractivity contribution in [3.63, 3.8) is 0 Å². The average molecular weight is 250 g/mol. The van der Waals surface area contributed by atoms with Gasteiger partial charge in [-0.1, -0.05) is 30.3 Å². The smallest absolute Gasteiger partial charge is 0.275 e. The largest absolute Gasteiger partial charge is 0.343 e. The monoisotopic (exact) mass is 250 g/mol. The number of rotatable bonds is 1. The summed E-state index contributed by atoms with van der Waals surface area (Å²) < 4.78 is 0. The molecule has 0 bridgehead atoms. The number of urea groups is 1. The van der Waals surface area contributed by atoms with Crippen LogP contribution >= 0.6 is 11.3 Å². The van der Waals surface area contributed by atoms with Crippen LogP contribution in [0.1, 0.15) is 0 Å². The van der Waals surface area contributed by atoms with Gasteiger partial charge >= 0.3 is 6.03 Å². The van der Waals surface area contributed by atoms with Gasteiger partial charge in [0.1, 0.15) is 0 Å². The highest BCUT2D eigenvalue weighted by Crippen LogP contribution is 2.20. The summed E-state index contributed by atoms with van der Waals surface area (Å²) in [5, 5.41) is 4.26. The molecule has 0 fully saturated rings. The second kappa shape index (κ2) is 7.39. The third-order valence-corrected chi connectivity index (χ3v) is 2.57. The van der Waals surface area contributed by atoms with Crippen molar-refractivity contribution < 1.29 is 4.79 Å². The van der Waals surface area contributed by atoms with Crippen LogP contribution in [0.4, 0.5) is 4.79 Å². The van der Waals surface area contributed by atoms with Crippen molar-refractivity contribution in [2.24, 2.45) is 11.7 Å². The maximum absolute atomic E-state index is 9.71. The Bertz CT molecular complexity index is 424. The van der Waals surface area contributed by atoms with Crippen LogP contribution in [-0.2, 0) is 0 Å². The fraction of sp³-hybridized carbons (Fsp3) is 0. The predicted octanol–water partition coefficient (Wildman–Crippen LogP) is 1.45. The first-order valence-corrected chi connectivity index (χ1v) is 5.77. The Morgan fingerprint density at radius 3 is 2.06 bits per heavy atom. The quantitative estimate of drug-likeness (QED) is 0.350. The number of amides is 2. The Balaban J connectivity index is 0.000000209. The third-order valence-electron chi connectivity index (χ3n) is 1.89.